The molecule has 132 valence electrons. The van der Waals surface area contributed by atoms with Crippen LogP contribution in [0.1, 0.15) is 31.2 Å². The number of hydrogen-bond donors (Lipinski definition) is 2. The van der Waals surface area contributed by atoms with Crippen LogP contribution in [0.5, 0.6) is 0 Å². The van der Waals surface area contributed by atoms with Crippen molar-refractivity contribution in [3.63, 3.8) is 0 Å². The van der Waals surface area contributed by atoms with Crippen molar-refractivity contribution in [1.82, 2.24) is 20.3 Å². The summed E-state index contributed by atoms with van der Waals surface area (Å²) in [6.45, 7) is 3.36. The molecule has 7 heteroatoms. The fourth-order valence-electron chi connectivity index (χ4n) is 2.78. The number of carbonyl (C=O) groups is 1. The van der Waals surface area contributed by atoms with Gasteiger partial charge in [0.2, 0.25) is 11.9 Å². The highest BCUT2D eigenvalue weighted by Gasteiger charge is 2.13. The van der Waals surface area contributed by atoms with E-state index in [1.165, 1.54) is 12.8 Å². The van der Waals surface area contributed by atoms with Crippen molar-refractivity contribution in [3.05, 3.63) is 42.4 Å². The lowest BCUT2D eigenvalue weighted by Crippen LogP contribution is -2.23. The van der Waals surface area contributed by atoms with Crippen molar-refractivity contribution in [2.24, 2.45) is 0 Å². The van der Waals surface area contributed by atoms with Gasteiger partial charge in [0, 0.05) is 51.2 Å². The van der Waals surface area contributed by atoms with Crippen LogP contribution in [0.2, 0.25) is 0 Å². The summed E-state index contributed by atoms with van der Waals surface area (Å²) in [5, 5.41) is 6.02. The second-order valence-electron chi connectivity index (χ2n) is 6.10. The van der Waals surface area contributed by atoms with Gasteiger partial charge in [0.25, 0.3) is 0 Å². The average Bonchev–Trinajstić information content (AvgIpc) is 3.20. The van der Waals surface area contributed by atoms with Crippen LogP contribution >= 0.6 is 0 Å². The second kappa shape index (κ2) is 8.96. The summed E-state index contributed by atoms with van der Waals surface area (Å²) >= 11 is 0. The highest BCUT2D eigenvalue weighted by Crippen LogP contribution is 2.17. The number of anilines is 2. The van der Waals surface area contributed by atoms with Crippen LogP contribution < -0.4 is 15.5 Å². The minimum absolute atomic E-state index is 0.0411. The topological polar surface area (TPSA) is 83.0 Å². The van der Waals surface area contributed by atoms with E-state index < -0.39 is 0 Å². The summed E-state index contributed by atoms with van der Waals surface area (Å²) in [5.41, 5.74) is 1.02. The number of aromatic nitrogens is 3. The lowest BCUT2D eigenvalue weighted by atomic mass is 10.2. The average molecular weight is 340 g/mol. The SMILES string of the molecule is O=C(CCCNc1ncccn1)NCc1ccc(N2CCCC2)nc1. The van der Waals surface area contributed by atoms with E-state index in [4.69, 9.17) is 0 Å². The molecule has 0 spiro atoms. The molecule has 25 heavy (non-hydrogen) atoms. The monoisotopic (exact) mass is 340 g/mol. The number of rotatable bonds is 8. The van der Waals surface area contributed by atoms with Crippen molar-refractivity contribution in [2.45, 2.75) is 32.2 Å². The number of carbonyl (C=O) groups excluding carboxylic acids is 1. The molecule has 1 saturated heterocycles. The number of nitrogens with one attached hydrogen (secondary N) is 2. The largest absolute Gasteiger partial charge is 0.357 e. The molecule has 3 heterocycles. The van der Waals surface area contributed by atoms with Crippen molar-refractivity contribution in [3.8, 4) is 0 Å². The van der Waals surface area contributed by atoms with E-state index in [1.54, 1.807) is 18.5 Å². The zero-order valence-electron chi connectivity index (χ0n) is 14.3. The van der Waals surface area contributed by atoms with Crippen molar-refractivity contribution >= 4 is 17.7 Å². The molecule has 0 bridgehead atoms. The Hall–Kier alpha value is -2.70. The molecule has 2 N–H and O–H groups in total. The quantitative estimate of drug-likeness (QED) is 0.715. The number of pyridine rings is 1. The van der Waals surface area contributed by atoms with Gasteiger partial charge in [0.15, 0.2) is 0 Å². The fourth-order valence-corrected chi connectivity index (χ4v) is 2.78. The smallest absolute Gasteiger partial charge is 0.222 e. The van der Waals surface area contributed by atoms with Gasteiger partial charge in [0.1, 0.15) is 5.82 Å². The first-order chi connectivity index (χ1) is 12.3. The van der Waals surface area contributed by atoms with Crippen LogP contribution in [-0.4, -0.2) is 40.5 Å². The van der Waals surface area contributed by atoms with Crippen molar-refractivity contribution in [1.29, 1.82) is 0 Å². The van der Waals surface area contributed by atoms with Crippen LogP contribution in [0.4, 0.5) is 11.8 Å². The third kappa shape index (κ3) is 5.41. The molecule has 0 unspecified atom stereocenters. The maximum atomic E-state index is 11.9. The Morgan fingerprint density at radius 2 is 1.92 bits per heavy atom. The Morgan fingerprint density at radius 1 is 1.12 bits per heavy atom. The molecule has 0 atom stereocenters. The van der Waals surface area contributed by atoms with Gasteiger partial charge in [-0.25, -0.2) is 15.0 Å². The number of hydrogen-bond acceptors (Lipinski definition) is 6. The van der Waals surface area contributed by atoms with Gasteiger partial charge in [-0.15, -0.1) is 0 Å². The molecule has 3 rings (SSSR count). The summed E-state index contributed by atoms with van der Waals surface area (Å²) in [6, 6.07) is 5.84. The molecule has 2 aromatic rings. The van der Waals surface area contributed by atoms with Gasteiger partial charge >= 0.3 is 0 Å². The molecule has 1 aliphatic rings. The molecule has 1 fully saturated rings. The third-order valence-electron chi connectivity index (χ3n) is 4.16. The molecule has 0 aromatic carbocycles. The maximum absolute atomic E-state index is 11.9. The number of amides is 1. The van der Waals surface area contributed by atoms with Gasteiger partial charge < -0.3 is 15.5 Å². The second-order valence-corrected chi connectivity index (χ2v) is 6.10. The maximum Gasteiger partial charge on any atom is 0.222 e. The van der Waals surface area contributed by atoms with Gasteiger partial charge in [0.05, 0.1) is 0 Å². The standard InChI is InChI=1S/C18H24N6O/c25-17(5-3-8-19-18-20-9-4-10-21-18)23-14-15-6-7-16(22-13-15)24-11-1-2-12-24/h4,6-7,9-10,13H,1-3,5,8,11-12,14H2,(H,23,25)(H,19,20,21). The molecule has 2 aromatic heterocycles. The van der Waals surface area contributed by atoms with Crippen molar-refractivity contribution < 1.29 is 4.79 Å². The molecule has 0 radical (unpaired) electrons. The molecule has 1 aliphatic heterocycles. The minimum atomic E-state index is 0.0411. The van der Waals surface area contributed by atoms with Gasteiger partial charge in [-0.3, -0.25) is 4.79 Å². The lowest BCUT2D eigenvalue weighted by Gasteiger charge is -2.16. The van der Waals surface area contributed by atoms with E-state index in [1.807, 2.05) is 18.3 Å². The molecular formula is C18H24N6O. The Morgan fingerprint density at radius 3 is 2.64 bits per heavy atom. The van der Waals surface area contributed by atoms with Crippen LogP contribution in [0.25, 0.3) is 0 Å². The summed E-state index contributed by atoms with van der Waals surface area (Å²) < 4.78 is 0. The molecule has 7 nitrogen and oxygen atoms in total. The van der Waals surface area contributed by atoms with Gasteiger partial charge in [-0.05, 0) is 37.0 Å². The zero-order valence-corrected chi connectivity index (χ0v) is 14.3. The molecule has 0 aliphatic carbocycles. The fraction of sp³-hybridized carbons (Fsp3) is 0.444. The molecule has 1 amide bonds. The Bertz CT molecular complexity index is 655. The summed E-state index contributed by atoms with van der Waals surface area (Å²) in [5.74, 6) is 1.66. The predicted octanol–water partition coefficient (Wildman–Crippen LogP) is 1.98. The summed E-state index contributed by atoms with van der Waals surface area (Å²) in [7, 11) is 0. The van der Waals surface area contributed by atoms with Crippen LogP contribution in [-0.2, 0) is 11.3 Å². The Kier molecular flexibility index (Phi) is 6.14. The molecular weight excluding hydrogens is 316 g/mol. The van der Waals surface area contributed by atoms with Crippen LogP contribution in [0.15, 0.2) is 36.8 Å². The normalized spacial score (nSPS) is 13.7. The van der Waals surface area contributed by atoms with Gasteiger partial charge in [-0.2, -0.15) is 0 Å². The predicted molar refractivity (Wildman–Crippen MR) is 97.3 cm³/mol. The Balaban J connectivity index is 1.33. The van der Waals surface area contributed by atoms with E-state index in [0.717, 1.165) is 30.9 Å². The van der Waals surface area contributed by atoms with Gasteiger partial charge in [-0.1, -0.05) is 6.07 Å². The van der Waals surface area contributed by atoms with Crippen molar-refractivity contribution in [2.75, 3.05) is 29.9 Å². The van der Waals surface area contributed by atoms with Crippen LogP contribution in [0.3, 0.4) is 0 Å². The zero-order chi connectivity index (χ0) is 17.3. The van der Waals surface area contributed by atoms with E-state index in [-0.39, 0.29) is 5.91 Å². The highest BCUT2D eigenvalue weighted by atomic mass is 16.1. The summed E-state index contributed by atoms with van der Waals surface area (Å²) in [6.07, 6.45) is 8.91. The first-order valence-corrected chi connectivity index (χ1v) is 8.79. The van der Waals surface area contributed by atoms with E-state index in [0.29, 0.717) is 25.5 Å². The third-order valence-corrected chi connectivity index (χ3v) is 4.16. The Labute approximate surface area is 147 Å². The highest BCUT2D eigenvalue weighted by molar-refractivity contribution is 5.75. The number of nitrogens with zero attached hydrogens (tertiary/aromatic N) is 4. The van der Waals surface area contributed by atoms with E-state index in [2.05, 4.69) is 30.5 Å². The first kappa shape index (κ1) is 17.1. The van der Waals surface area contributed by atoms with E-state index in [9.17, 15) is 4.79 Å². The first-order valence-electron chi connectivity index (χ1n) is 8.79. The van der Waals surface area contributed by atoms with E-state index >= 15 is 0 Å². The summed E-state index contributed by atoms with van der Waals surface area (Å²) in [4.78, 5) is 26.8. The van der Waals surface area contributed by atoms with Crippen LogP contribution in [0, 0.1) is 0 Å². The lowest BCUT2D eigenvalue weighted by molar-refractivity contribution is -0.121. The molecule has 0 saturated carbocycles. The minimum Gasteiger partial charge on any atom is -0.357 e.